The molecular formula is C15H18BN5O. The lowest BCUT2D eigenvalue weighted by atomic mass is 10.1. The molecule has 2 heterocycles. The van der Waals surface area contributed by atoms with Crippen LogP contribution in [0.25, 0.3) is 11.5 Å². The zero-order valence-electron chi connectivity index (χ0n) is 13.7. The monoisotopic (exact) mass is 295 g/mol. The van der Waals surface area contributed by atoms with Gasteiger partial charge in [0, 0.05) is 18.3 Å². The first kappa shape index (κ1) is 15.9. The van der Waals surface area contributed by atoms with Crippen molar-refractivity contribution in [3.8, 4) is 6.07 Å². The predicted molar refractivity (Wildman–Crippen MR) is 84.7 cm³/mol. The maximum atomic E-state index is 9.62. The smallest absolute Gasteiger partial charge is 0.374 e. The number of nitrogens with zero attached hydrogens (tertiary/aromatic N) is 5. The molecule has 0 unspecified atom stereocenters. The predicted octanol–water partition coefficient (Wildman–Crippen LogP) is 2.11. The highest BCUT2D eigenvalue weighted by molar-refractivity contribution is 6.04. The molecule has 112 valence electrons. The minimum absolute atomic E-state index is 0.238. The van der Waals surface area contributed by atoms with Gasteiger partial charge in [0.15, 0.2) is 11.5 Å². The van der Waals surface area contributed by atoms with Crippen LogP contribution in [0.2, 0.25) is 0 Å². The molecule has 0 aliphatic heterocycles. The van der Waals surface area contributed by atoms with Crippen molar-refractivity contribution in [3.63, 3.8) is 0 Å². The fourth-order valence-corrected chi connectivity index (χ4v) is 2.44. The van der Waals surface area contributed by atoms with E-state index in [9.17, 15) is 5.26 Å². The standard InChI is InChI=1S/C15H18BN5O/c1-8-10(3)19-21(12(8)5)13(7-17)15(22-16)14-9(2)11(4)18-20(14)6/h1-6H3. The molecule has 2 rings (SSSR count). The molecule has 0 spiro atoms. The molecule has 0 amide bonds. The van der Waals surface area contributed by atoms with Crippen molar-refractivity contribution in [2.24, 2.45) is 7.05 Å². The molecule has 7 heteroatoms. The summed E-state index contributed by atoms with van der Waals surface area (Å²) in [6, 6.07) is 2.15. The Kier molecular flexibility index (Phi) is 4.13. The topological polar surface area (TPSA) is 68.7 Å². The summed E-state index contributed by atoms with van der Waals surface area (Å²) in [7, 11) is 7.26. The minimum atomic E-state index is 0.238. The molecule has 0 aromatic carbocycles. The van der Waals surface area contributed by atoms with E-state index in [0.717, 1.165) is 28.2 Å². The van der Waals surface area contributed by atoms with E-state index >= 15 is 0 Å². The average Bonchev–Trinajstić information content (AvgIpc) is 2.88. The van der Waals surface area contributed by atoms with Gasteiger partial charge in [-0.15, -0.1) is 0 Å². The molecule has 0 atom stereocenters. The van der Waals surface area contributed by atoms with E-state index in [2.05, 4.69) is 16.3 Å². The van der Waals surface area contributed by atoms with Crippen LogP contribution in [0.5, 0.6) is 0 Å². The van der Waals surface area contributed by atoms with Gasteiger partial charge in [-0.2, -0.15) is 15.5 Å². The maximum absolute atomic E-state index is 9.62. The molecule has 2 aromatic heterocycles. The van der Waals surface area contributed by atoms with E-state index in [1.807, 2.05) is 34.6 Å². The number of rotatable bonds is 3. The Morgan fingerprint density at radius 1 is 1.09 bits per heavy atom. The zero-order valence-corrected chi connectivity index (χ0v) is 13.7. The Bertz CT molecular complexity index is 807. The second-order valence-electron chi connectivity index (χ2n) is 5.30. The van der Waals surface area contributed by atoms with Gasteiger partial charge in [-0.1, -0.05) is 0 Å². The fraction of sp³-hybridized carbons (Fsp3) is 0.400. The first-order chi connectivity index (χ1) is 10.3. The van der Waals surface area contributed by atoms with Crippen LogP contribution in [0.15, 0.2) is 0 Å². The number of nitriles is 1. The molecule has 0 bridgehead atoms. The van der Waals surface area contributed by atoms with Crippen LogP contribution in [0, 0.1) is 45.9 Å². The first-order valence-electron chi connectivity index (χ1n) is 6.88. The summed E-state index contributed by atoms with van der Waals surface area (Å²) in [6.07, 6.45) is 0. The van der Waals surface area contributed by atoms with Crippen molar-refractivity contribution in [2.45, 2.75) is 34.6 Å². The molecular weight excluding hydrogens is 277 g/mol. The molecule has 6 nitrogen and oxygen atoms in total. The van der Waals surface area contributed by atoms with Crippen molar-refractivity contribution in [1.29, 1.82) is 5.26 Å². The van der Waals surface area contributed by atoms with Crippen LogP contribution in [-0.2, 0) is 11.7 Å². The summed E-state index contributed by atoms with van der Waals surface area (Å²) in [5.74, 6) is 0.258. The Hall–Kier alpha value is -2.49. The third-order valence-corrected chi connectivity index (χ3v) is 4.04. The molecule has 2 aromatic rings. The lowest BCUT2D eigenvalue weighted by Gasteiger charge is -2.13. The lowest BCUT2D eigenvalue weighted by Crippen LogP contribution is -2.09. The quantitative estimate of drug-likeness (QED) is 0.494. The highest BCUT2D eigenvalue weighted by atomic mass is 16.4. The molecule has 0 fully saturated rings. The van der Waals surface area contributed by atoms with E-state index in [4.69, 9.17) is 12.7 Å². The highest BCUT2D eigenvalue weighted by Gasteiger charge is 2.22. The van der Waals surface area contributed by atoms with E-state index in [1.165, 1.54) is 0 Å². The maximum Gasteiger partial charge on any atom is 0.374 e. The number of hydrogen-bond donors (Lipinski definition) is 0. The van der Waals surface area contributed by atoms with E-state index in [1.54, 1.807) is 16.4 Å². The Morgan fingerprint density at radius 2 is 1.68 bits per heavy atom. The molecule has 0 aliphatic rings. The van der Waals surface area contributed by atoms with Crippen LogP contribution >= 0.6 is 0 Å². The Morgan fingerprint density at radius 3 is 2.05 bits per heavy atom. The van der Waals surface area contributed by atoms with Crippen LogP contribution < -0.4 is 0 Å². The van der Waals surface area contributed by atoms with Gasteiger partial charge < -0.3 is 4.65 Å². The molecule has 2 radical (unpaired) electrons. The number of aryl methyl sites for hydroxylation is 3. The summed E-state index contributed by atoms with van der Waals surface area (Å²) in [5, 5.41) is 18.4. The van der Waals surface area contributed by atoms with E-state index < -0.39 is 0 Å². The van der Waals surface area contributed by atoms with E-state index in [0.29, 0.717) is 5.69 Å². The molecule has 0 saturated carbocycles. The fourth-order valence-electron chi connectivity index (χ4n) is 2.44. The van der Waals surface area contributed by atoms with Crippen molar-refractivity contribution in [3.05, 3.63) is 33.9 Å². The Labute approximate surface area is 131 Å². The van der Waals surface area contributed by atoms with Crippen molar-refractivity contribution < 1.29 is 4.65 Å². The molecule has 0 N–H and O–H groups in total. The highest BCUT2D eigenvalue weighted by Crippen LogP contribution is 2.27. The van der Waals surface area contributed by atoms with Gasteiger partial charge in [0.1, 0.15) is 11.8 Å². The second kappa shape index (κ2) is 5.72. The van der Waals surface area contributed by atoms with E-state index in [-0.39, 0.29) is 11.5 Å². The minimum Gasteiger partial charge on any atom is -0.564 e. The van der Waals surface area contributed by atoms with Crippen molar-refractivity contribution >= 4 is 19.5 Å². The first-order valence-corrected chi connectivity index (χ1v) is 6.88. The second-order valence-corrected chi connectivity index (χ2v) is 5.30. The van der Waals surface area contributed by atoms with Gasteiger partial charge in [0.25, 0.3) is 0 Å². The largest absolute Gasteiger partial charge is 0.564 e. The summed E-state index contributed by atoms with van der Waals surface area (Å²) in [5.41, 5.74) is 5.44. The van der Waals surface area contributed by atoms with Crippen molar-refractivity contribution in [1.82, 2.24) is 19.6 Å². The SMILES string of the molecule is [B]OC(=C(C#N)n1nc(C)c(C)c1C)c1c(C)c(C)nn1C. The summed E-state index contributed by atoms with van der Waals surface area (Å²) in [4.78, 5) is 0. The third-order valence-electron chi connectivity index (χ3n) is 4.04. The van der Waals surface area contributed by atoms with Gasteiger partial charge in [-0.05, 0) is 40.2 Å². The Balaban J connectivity index is 2.80. The van der Waals surface area contributed by atoms with Crippen LogP contribution in [0.3, 0.4) is 0 Å². The van der Waals surface area contributed by atoms with Gasteiger partial charge in [-0.3, -0.25) is 4.68 Å². The van der Waals surface area contributed by atoms with Crippen LogP contribution in [0.4, 0.5) is 0 Å². The van der Waals surface area contributed by atoms with Crippen LogP contribution in [0.1, 0.15) is 33.9 Å². The normalized spacial score (nSPS) is 12.0. The van der Waals surface area contributed by atoms with Gasteiger partial charge in [-0.25, -0.2) is 4.68 Å². The van der Waals surface area contributed by atoms with Gasteiger partial charge in [0.2, 0.25) is 0 Å². The average molecular weight is 295 g/mol. The lowest BCUT2D eigenvalue weighted by molar-refractivity contribution is 0.554. The van der Waals surface area contributed by atoms with Crippen LogP contribution in [-0.4, -0.2) is 27.6 Å². The number of hydrogen-bond acceptors (Lipinski definition) is 4. The summed E-state index contributed by atoms with van der Waals surface area (Å²) < 4.78 is 8.28. The van der Waals surface area contributed by atoms with Crippen molar-refractivity contribution in [2.75, 3.05) is 0 Å². The number of allylic oxidation sites excluding steroid dienone is 1. The van der Waals surface area contributed by atoms with Gasteiger partial charge >= 0.3 is 8.05 Å². The van der Waals surface area contributed by atoms with Gasteiger partial charge in [0.05, 0.1) is 11.4 Å². The number of aromatic nitrogens is 4. The summed E-state index contributed by atoms with van der Waals surface area (Å²) in [6.45, 7) is 9.58. The molecule has 0 aliphatic carbocycles. The third kappa shape index (κ3) is 2.31. The molecule has 22 heavy (non-hydrogen) atoms. The summed E-state index contributed by atoms with van der Waals surface area (Å²) >= 11 is 0. The molecule has 0 saturated heterocycles. The zero-order chi connectivity index (χ0) is 16.6.